The molecule has 1 saturated heterocycles. The van der Waals surface area contributed by atoms with Crippen LogP contribution in [-0.2, 0) is 11.8 Å². The summed E-state index contributed by atoms with van der Waals surface area (Å²) in [5.41, 5.74) is 0.973. The number of ether oxygens (including phenoxy) is 1. The van der Waals surface area contributed by atoms with Gasteiger partial charge in [-0.3, -0.25) is 9.48 Å². The summed E-state index contributed by atoms with van der Waals surface area (Å²) in [6, 6.07) is 6.04. The Labute approximate surface area is 127 Å². The van der Waals surface area contributed by atoms with E-state index in [9.17, 15) is 9.18 Å². The molecule has 1 aliphatic heterocycles. The SMILES string of the molecule is Cn1nccc1NC(=O)c1cc(F)cc(N2CCOCC2)c1. The molecule has 22 heavy (non-hydrogen) atoms. The highest BCUT2D eigenvalue weighted by molar-refractivity contribution is 6.04. The van der Waals surface area contributed by atoms with Crippen LogP contribution in [0.3, 0.4) is 0 Å². The molecule has 7 heteroatoms. The van der Waals surface area contributed by atoms with Crippen molar-refractivity contribution in [3.8, 4) is 0 Å². The molecule has 1 amide bonds. The standard InChI is InChI=1S/C15H17FN4O2/c1-19-14(2-3-17-19)18-15(21)11-8-12(16)10-13(9-11)20-4-6-22-7-5-20/h2-3,8-10H,4-7H2,1H3,(H,18,21). The molecule has 1 aromatic carbocycles. The second kappa shape index (κ2) is 6.15. The van der Waals surface area contributed by atoms with Crippen molar-refractivity contribution in [1.29, 1.82) is 0 Å². The van der Waals surface area contributed by atoms with Gasteiger partial charge in [0.1, 0.15) is 11.6 Å². The van der Waals surface area contributed by atoms with Crippen LogP contribution in [0.15, 0.2) is 30.5 Å². The maximum Gasteiger partial charge on any atom is 0.256 e. The van der Waals surface area contributed by atoms with Crippen molar-refractivity contribution in [3.63, 3.8) is 0 Å². The number of rotatable bonds is 3. The van der Waals surface area contributed by atoms with Crippen LogP contribution in [-0.4, -0.2) is 42.0 Å². The van der Waals surface area contributed by atoms with E-state index in [1.54, 1.807) is 30.1 Å². The van der Waals surface area contributed by atoms with E-state index in [1.165, 1.54) is 12.1 Å². The fourth-order valence-electron chi connectivity index (χ4n) is 2.39. The predicted molar refractivity (Wildman–Crippen MR) is 80.6 cm³/mol. The minimum Gasteiger partial charge on any atom is -0.378 e. The first-order chi connectivity index (χ1) is 10.6. The Morgan fingerprint density at radius 2 is 2.09 bits per heavy atom. The highest BCUT2D eigenvalue weighted by Crippen LogP contribution is 2.20. The number of aryl methyl sites for hydroxylation is 1. The fourth-order valence-corrected chi connectivity index (χ4v) is 2.39. The van der Waals surface area contributed by atoms with Crippen LogP contribution in [0, 0.1) is 5.82 Å². The highest BCUT2D eigenvalue weighted by atomic mass is 19.1. The molecule has 0 bridgehead atoms. The van der Waals surface area contributed by atoms with Crippen molar-refractivity contribution in [1.82, 2.24) is 9.78 Å². The highest BCUT2D eigenvalue weighted by Gasteiger charge is 2.16. The Morgan fingerprint density at radius 1 is 1.32 bits per heavy atom. The number of hydrogen-bond acceptors (Lipinski definition) is 4. The molecule has 0 saturated carbocycles. The number of aromatic nitrogens is 2. The number of benzene rings is 1. The zero-order valence-electron chi connectivity index (χ0n) is 12.3. The van der Waals surface area contributed by atoms with Crippen molar-refractivity contribution in [2.24, 2.45) is 7.05 Å². The first kappa shape index (κ1) is 14.5. The molecule has 1 aromatic heterocycles. The lowest BCUT2D eigenvalue weighted by atomic mass is 10.1. The Balaban J connectivity index is 1.82. The molecule has 116 valence electrons. The molecular formula is C15H17FN4O2. The van der Waals surface area contributed by atoms with Gasteiger partial charge in [0, 0.05) is 37.5 Å². The summed E-state index contributed by atoms with van der Waals surface area (Å²) < 4.78 is 20.7. The number of halogens is 1. The number of nitrogens with one attached hydrogen (secondary N) is 1. The molecule has 0 spiro atoms. The van der Waals surface area contributed by atoms with Crippen LogP contribution in [0.5, 0.6) is 0 Å². The quantitative estimate of drug-likeness (QED) is 0.936. The summed E-state index contributed by atoms with van der Waals surface area (Å²) in [7, 11) is 1.72. The summed E-state index contributed by atoms with van der Waals surface area (Å²) in [5, 5.41) is 6.69. The molecular weight excluding hydrogens is 287 g/mol. The van der Waals surface area contributed by atoms with Crippen LogP contribution in [0.4, 0.5) is 15.9 Å². The smallest absolute Gasteiger partial charge is 0.256 e. The number of carbonyl (C=O) groups is 1. The third-order valence-corrected chi connectivity index (χ3v) is 3.58. The number of hydrogen-bond donors (Lipinski definition) is 1. The minimum absolute atomic E-state index is 0.280. The topological polar surface area (TPSA) is 59.4 Å². The maximum atomic E-state index is 13.8. The van der Waals surface area contributed by atoms with Gasteiger partial charge in [-0.2, -0.15) is 5.10 Å². The average molecular weight is 304 g/mol. The van der Waals surface area contributed by atoms with Gasteiger partial charge in [-0.1, -0.05) is 0 Å². The number of morpholine rings is 1. The third-order valence-electron chi connectivity index (χ3n) is 3.58. The van der Waals surface area contributed by atoms with E-state index in [0.29, 0.717) is 37.8 Å². The largest absolute Gasteiger partial charge is 0.378 e. The molecule has 0 unspecified atom stereocenters. The molecule has 0 atom stereocenters. The van der Waals surface area contributed by atoms with Gasteiger partial charge in [0.05, 0.1) is 19.4 Å². The average Bonchev–Trinajstić information content (AvgIpc) is 2.92. The zero-order valence-corrected chi connectivity index (χ0v) is 12.3. The van der Waals surface area contributed by atoms with Crippen LogP contribution >= 0.6 is 0 Å². The molecule has 2 heterocycles. The van der Waals surface area contributed by atoms with Gasteiger partial charge in [0.15, 0.2) is 0 Å². The summed E-state index contributed by atoms with van der Waals surface area (Å²) >= 11 is 0. The van der Waals surface area contributed by atoms with Crippen molar-refractivity contribution in [2.45, 2.75) is 0 Å². The van der Waals surface area contributed by atoms with E-state index >= 15 is 0 Å². The van der Waals surface area contributed by atoms with Gasteiger partial charge >= 0.3 is 0 Å². The molecule has 1 fully saturated rings. The number of amides is 1. The van der Waals surface area contributed by atoms with Crippen LogP contribution < -0.4 is 10.2 Å². The lowest BCUT2D eigenvalue weighted by Gasteiger charge is -2.29. The van der Waals surface area contributed by atoms with E-state index in [4.69, 9.17) is 4.74 Å². The number of anilines is 2. The Kier molecular flexibility index (Phi) is 4.06. The minimum atomic E-state index is -0.431. The Bertz CT molecular complexity index is 680. The summed E-state index contributed by atoms with van der Waals surface area (Å²) in [6.07, 6.45) is 1.58. The molecule has 0 aliphatic carbocycles. The summed E-state index contributed by atoms with van der Waals surface area (Å²) in [4.78, 5) is 14.3. The normalized spacial score (nSPS) is 14.9. The molecule has 1 N–H and O–H groups in total. The number of nitrogens with zero attached hydrogens (tertiary/aromatic N) is 3. The van der Waals surface area contributed by atoms with Gasteiger partial charge in [-0.05, 0) is 18.2 Å². The lowest BCUT2D eigenvalue weighted by molar-refractivity contribution is 0.102. The van der Waals surface area contributed by atoms with Gasteiger partial charge in [0.25, 0.3) is 5.91 Å². The van der Waals surface area contributed by atoms with Gasteiger partial charge < -0.3 is 15.0 Å². The summed E-state index contributed by atoms with van der Waals surface area (Å²) in [6.45, 7) is 2.58. The van der Waals surface area contributed by atoms with E-state index < -0.39 is 5.82 Å². The summed E-state index contributed by atoms with van der Waals surface area (Å²) in [5.74, 6) is -0.237. The predicted octanol–water partition coefficient (Wildman–Crippen LogP) is 1.65. The van der Waals surface area contributed by atoms with Crippen molar-refractivity contribution < 1.29 is 13.9 Å². The first-order valence-electron chi connectivity index (χ1n) is 7.06. The Morgan fingerprint density at radius 3 is 2.77 bits per heavy atom. The van der Waals surface area contributed by atoms with Crippen LogP contribution in [0.1, 0.15) is 10.4 Å². The second-order valence-corrected chi connectivity index (χ2v) is 5.09. The second-order valence-electron chi connectivity index (χ2n) is 5.09. The molecule has 1 aliphatic rings. The van der Waals surface area contributed by atoms with Gasteiger partial charge in [-0.25, -0.2) is 4.39 Å². The van der Waals surface area contributed by atoms with E-state index in [1.807, 2.05) is 4.90 Å². The number of carbonyl (C=O) groups excluding carboxylic acids is 1. The van der Waals surface area contributed by atoms with Crippen molar-refractivity contribution in [2.75, 3.05) is 36.5 Å². The fraction of sp³-hybridized carbons (Fsp3) is 0.333. The van der Waals surface area contributed by atoms with Crippen LogP contribution in [0.2, 0.25) is 0 Å². The third kappa shape index (κ3) is 3.09. The van der Waals surface area contributed by atoms with Gasteiger partial charge in [-0.15, -0.1) is 0 Å². The molecule has 0 radical (unpaired) electrons. The monoisotopic (exact) mass is 304 g/mol. The maximum absolute atomic E-state index is 13.8. The molecule has 2 aromatic rings. The van der Waals surface area contributed by atoms with E-state index in [0.717, 1.165) is 0 Å². The molecule has 6 nitrogen and oxygen atoms in total. The zero-order chi connectivity index (χ0) is 15.5. The molecule has 3 rings (SSSR count). The van der Waals surface area contributed by atoms with E-state index in [2.05, 4.69) is 10.4 Å². The van der Waals surface area contributed by atoms with Crippen molar-refractivity contribution >= 4 is 17.4 Å². The van der Waals surface area contributed by atoms with Crippen molar-refractivity contribution in [3.05, 3.63) is 41.8 Å². The van der Waals surface area contributed by atoms with Crippen LogP contribution in [0.25, 0.3) is 0 Å². The first-order valence-corrected chi connectivity index (χ1v) is 7.06. The van der Waals surface area contributed by atoms with E-state index in [-0.39, 0.29) is 11.5 Å². The lowest BCUT2D eigenvalue weighted by Crippen LogP contribution is -2.36. The Hall–Kier alpha value is -2.41. The van der Waals surface area contributed by atoms with Gasteiger partial charge in [0.2, 0.25) is 0 Å².